The minimum Gasteiger partial charge on any atom is -0.462 e. The van der Waals surface area contributed by atoms with Crippen LogP contribution >= 0.6 is 7.82 Å². The van der Waals surface area contributed by atoms with Crippen LogP contribution in [0, 0.1) is 0 Å². The van der Waals surface area contributed by atoms with Gasteiger partial charge in [0.05, 0.1) is 13.2 Å². The fraction of sp³-hybridized carbons (Fsp3) is 0.890. The van der Waals surface area contributed by atoms with Crippen LogP contribution in [0.1, 0.15) is 489 Å². The van der Waals surface area contributed by atoms with Crippen molar-refractivity contribution in [1.82, 2.24) is 0 Å². The Balaban J connectivity index is 3.68. The summed E-state index contributed by atoms with van der Waals surface area (Å²) < 4.78 is 33.4. The van der Waals surface area contributed by atoms with Crippen LogP contribution in [0.3, 0.4) is 0 Å². The first-order chi connectivity index (χ1) is 49.8. The van der Waals surface area contributed by atoms with Crippen LogP contribution in [-0.4, -0.2) is 49.3 Å². The zero-order chi connectivity index (χ0) is 72.9. The van der Waals surface area contributed by atoms with E-state index in [1.54, 1.807) is 0 Å². The number of ether oxygens (including phenoxy) is 2. The van der Waals surface area contributed by atoms with Crippen molar-refractivity contribution in [3.63, 3.8) is 0 Å². The molecular formula is C91H174NO8P. The Labute approximate surface area is 629 Å². The minimum absolute atomic E-state index is 0.0571. The Morgan fingerprint density at radius 3 is 0.812 bits per heavy atom. The highest BCUT2D eigenvalue weighted by atomic mass is 31.2. The van der Waals surface area contributed by atoms with Gasteiger partial charge in [-0.3, -0.25) is 18.6 Å². The maximum Gasteiger partial charge on any atom is 0.472 e. The number of nitrogens with two attached hydrogens (primary N) is 1. The Hall–Kier alpha value is -2.03. The molecule has 0 aromatic heterocycles. The van der Waals surface area contributed by atoms with Crippen molar-refractivity contribution < 1.29 is 37.6 Å². The number of hydrogen-bond acceptors (Lipinski definition) is 8. The van der Waals surface area contributed by atoms with Gasteiger partial charge in [0.15, 0.2) is 6.10 Å². The maximum absolute atomic E-state index is 12.8. The molecular weight excluding hydrogens is 1270 g/mol. The van der Waals surface area contributed by atoms with Gasteiger partial charge < -0.3 is 20.1 Å². The molecule has 2 atom stereocenters. The van der Waals surface area contributed by atoms with Crippen molar-refractivity contribution >= 4 is 19.8 Å². The van der Waals surface area contributed by atoms with E-state index in [0.717, 1.165) is 57.8 Å². The second-order valence-corrected chi connectivity index (χ2v) is 32.3. The molecule has 10 heteroatoms. The molecule has 596 valence electrons. The van der Waals surface area contributed by atoms with Crippen molar-refractivity contribution in [1.29, 1.82) is 0 Å². The van der Waals surface area contributed by atoms with Gasteiger partial charge in [-0.15, -0.1) is 0 Å². The number of carbonyl (C=O) groups is 2. The van der Waals surface area contributed by atoms with Gasteiger partial charge in [0.25, 0.3) is 0 Å². The summed E-state index contributed by atoms with van der Waals surface area (Å²) in [5, 5.41) is 0. The van der Waals surface area contributed by atoms with Crippen LogP contribution < -0.4 is 5.73 Å². The summed E-state index contributed by atoms with van der Waals surface area (Å²) in [4.78, 5) is 35.5. The second kappa shape index (κ2) is 86.9. The predicted octanol–water partition coefficient (Wildman–Crippen LogP) is 30.7. The van der Waals surface area contributed by atoms with Crippen molar-refractivity contribution in [2.75, 3.05) is 26.4 Å². The fourth-order valence-electron chi connectivity index (χ4n) is 14.1. The van der Waals surface area contributed by atoms with E-state index >= 15 is 0 Å². The number of allylic oxidation sites excluding steroid dienone is 8. The van der Waals surface area contributed by atoms with Gasteiger partial charge in [-0.25, -0.2) is 4.57 Å². The number of phosphoric acid groups is 1. The summed E-state index contributed by atoms with van der Waals surface area (Å²) in [6, 6.07) is 0. The molecule has 0 aliphatic carbocycles. The highest BCUT2D eigenvalue weighted by Gasteiger charge is 2.26. The van der Waals surface area contributed by atoms with Gasteiger partial charge in [-0.05, 0) is 51.4 Å². The van der Waals surface area contributed by atoms with Crippen LogP contribution in [0.4, 0.5) is 0 Å². The molecule has 0 fully saturated rings. The molecule has 0 saturated carbocycles. The molecule has 0 aliphatic rings. The minimum atomic E-state index is -4.40. The normalized spacial score (nSPS) is 13.0. The standard InChI is InChI=1S/C91H174NO8P/c1-3-5-7-9-11-13-15-17-19-21-23-25-27-29-31-33-35-37-39-41-43-44-46-48-50-52-54-56-58-60-62-64-66-68-70-72-74-76-78-80-82-84-91(94)100-89(88-99-101(95,96)98-86-85-92)87-97-90(93)83-81-79-77-75-73-71-69-67-65-63-61-59-57-55-53-51-49-47-45-42-40-38-36-34-32-30-28-26-24-22-20-18-16-14-12-10-8-6-4-2/h5,7,11,13,17,19,23,25,89H,3-4,6,8-10,12,14-16,18,20-22,24,26-88,92H2,1-2H3,(H,95,96)/b7-5-,13-11-,19-17-,25-23-. The lowest BCUT2D eigenvalue weighted by Crippen LogP contribution is -2.29. The lowest BCUT2D eigenvalue weighted by atomic mass is 10.0. The average Bonchev–Trinajstić information content (AvgIpc) is 1.04. The molecule has 9 nitrogen and oxygen atoms in total. The Kier molecular flexibility index (Phi) is 85.1. The van der Waals surface area contributed by atoms with Gasteiger partial charge in [0.2, 0.25) is 0 Å². The van der Waals surface area contributed by atoms with E-state index < -0.39 is 26.5 Å². The Morgan fingerprint density at radius 1 is 0.307 bits per heavy atom. The lowest BCUT2D eigenvalue weighted by molar-refractivity contribution is -0.161. The molecule has 0 aromatic carbocycles. The van der Waals surface area contributed by atoms with Crippen molar-refractivity contribution in [2.24, 2.45) is 5.73 Å². The van der Waals surface area contributed by atoms with Gasteiger partial charge >= 0.3 is 19.8 Å². The number of rotatable bonds is 87. The van der Waals surface area contributed by atoms with E-state index in [-0.39, 0.29) is 38.6 Å². The van der Waals surface area contributed by atoms with Crippen molar-refractivity contribution in [2.45, 2.75) is 495 Å². The molecule has 0 aromatic rings. The molecule has 2 unspecified atom stereocenters. The third kappa shape index (κ3) is 86.8. The van der Waals surface area contributed by atoms with Crippen LogP contribution in [0.5, 0.6) is 0 Å². The van der Waals surface area contributed by atoms with Gasteiger partial charge in [0, 0.05) is 19.4 Å². The smallest absolute Gasteiger partial charge is 0.462 e. The highest BCUT2D eigenvalue weighted by molar-refractivity contribution is 7.47. The van der Waals surface area contributed by atoms with Gasteiger partial charge in [-0.2, -0.15) is 0 Å². The first-order valence-electron chi connectivity index (χ1n) is 45.1. The van der Waals surface area contributed by atoms with E-state index in [4.69, 9.17) is 24.3 Å². The van der Waals surface area contributed by atoms with Crippen molar-refractivity contribution in [3.05, 3.63) is 48.6 Å². The topological polar surface area (TPSA) is 134 Å². The third-order valence-electron chi connectivity index (χ3n) is 20.7. The molecule has 3 N–H and O–H groups in total. The van der Waals surface area contributed by atoms with Crippen LogP contribution in [0.2, 0.25) is 0 Å². The highest BCUT2D eigenvalue weighted by Crippen LogP contribution is 2.43. The zero-order valence-electron chi connectivity index (χ0n) is 67.7. The zero-order valence-corrected chi connectivity index (χ0v) is 68.6. The van der Waals surface area contributed by atoms with E-state index in [9.17, 15) is 19.0 Å². The van der Waals surface area contributed by atoms with E-state index in [1.165, 1.54) is 398 Å². The molecule has 0 amide bonds. The number of carbonyl (C=O) groups excluding carboxylic acids is 2. The van der Waals surface area contributed by atoms with E-state index in [1.807, 2.05) is 0 Å². The second-order valence-electron chi connectivity index (χ2n) is 30.8. The summed E-state index contributed by atoms with van der Waals surface area (Å²) >= 11 is 0. The maximum atomic E-state index is 12.8. The Bertz CT molecular complexity index is 1800. The molecule has 0 saturated heterocycles. The largest absolute Gasteiger partial charge is 0.472 e. The molecule has 101 heavy (non-hydrogen) atoms. The molecule has 0 aliphatic heterocycles. The van der Waals surface area contributed by atoms with E-state index in [2.05, 4.69) is 62.5 Å². The molecule has 0 spiro atoms. The van der Waals surface area contributed by atoms with Crippen LogP contribution in [0.15, 0.2) is 48.6 Å². The number of phosphoric ester groups is 1. The Morgan fingerprint density at radius 2 is 0.545 bits per heavy atom. The summed E-state index contributed by atoms with van der Waals surface area (Å²) in [7, 11) is -4.40. The average molecular weight is 1440 g/mol. The van der Waals surface area contributed by atoms with Crippen LogP contribution in [0.25, 0.3) is 0 Å². The number of unbranched alkanes of at least 4 members (excludes halogenated alkanes) is 66. The summed E-state index contributed by atoms with van der Waals surface area (Å²) in [5.74, 6) is -0.797. The summed E-state index contributed by atoms with van der Waals surface area (Å²) in [6.45, 7) is 3.73. The molecule has 0 radical (unpaired) electrons. The van der Waals surface area contributed by atoms with Crippen LogP contribution in [-0.2, 0) is 32.7 Å². The SMILES string of the molecule is CC/C=C\C/C=C\C/C=C\C/C=C\CCCCCCCCCCCCCCCCCCCCCCCCCCCCCCC(=O)OC(COC(=O)CCCCCCCCCCCCCCCCCCCCCCCCCCCCCCCCCCCCCCCCC)COP(=O)(O)OCCN. The quantitative estimate of drug-likeness (QED) is 0.0264. The molecule has 0 bridgehead atoms. The van der Waals surface area contributed by atoms with E-state index in [0.29, 0.717) is 6.42 Å². The van der Waals surface area contributed by atoms with Gasteiger partial charge in [-0.1, -0.05) is 473 Å². The summed E-state index contributed by atoms with van der Waals surface area (Å²) in [6.07, 6.45) is 115. The van der Waals surface area contributed by atoms with Gasteiger partial charge in [0.1, 0.15) is 6.61 Å². The number of esters is 2. The predicted molar refractivity (Wildman–Crippen MR) is 441 cm³/mol. The monoisotopic (exact) mass is 1440 g/mol. The summed E-state index contributed by atoms with van der Waals surface area (Å²) in [5.41, 5.74) is 5.43. The fourth-order valence-corrected chi connectivity index (χ4v) is 14.9. The molecule has 0 rings (SSSR count). The van der Waals surface area contributed by atoms with Crippen molar-refractivity contribution in [3.8, 4) is 0 Å². The molecule has 0 heterocycles. The number of hydrogen-bond donors (Lipinski definition) is 2. The lowest BCUT2D eigenvalue weighted by Gasteiger charge is -2.19. The third-order valence-corrected chi connectivity index (χ3v) is 21.7. The first kappa shape index (κ1) is 99.0. The first-order valence-corrected chi connectivity index (χ1v) is 46.6.